The second-order valence-electron chi connectivity index (χ2n) is 5.39. The number of nitrogens with one attached hydrogen (secondary N) is 2. The van der Waals surface area contributed by atoms with Gasteiger partial charge >= 0.3 is 0 Å². The van der Waals surface area contributed by atoms with Crippen molar-refractivity contribution in [1.29, 1.82) is 5.26 Å². The molecule has 1 saturated heterocycles. The van der Waals surface area contributed by atoms with Gasteiger partial charge in [-0.25, -0.2) is 0 Å². The van der Waals surface area contributed by atoms with Crippen molar-refractivity contribution in [2.75, 3.05) is 13.1 Å². The van der Waals surface area contributed by atoms with Gasteiger partial charge in [0.15, 0.2) is 0 Å². The number of hydrogen-bond acceptors (Lipinski definition) is 3. The smallest absolute Gasteiger partial charge is 0.240 e. The summed E-state index contributed by atoms with van der Waals surface area (Å²) in [6, 6.07) is 2.18. The molecule has 0 spiro atoms. The van der Waals surface area contributed by atoms with Gasteiger partial charge in [-0.1, -0.05) is 0 Å². The van der Waals surface area contributed by atoms with Gasteiger partial charge in [-0.15, -0.1) is 0 Å². The summed E-state index contributed by atoms with van der Waals surface area (Å²) in [5.74, 6) is 0.00975. The number of nitrogens with zero attached hydrogens (tertiary/aromatic N) is 1. The molecule has 1 aliphatic heterocycles. The molecular weight excluding hydrogens is 202 g/mol. The van der Waals surface area contributed by atoms with Crippen LogP contribution in [0.5, 0.6) is 0 Å². The van der Waals surface area contributed by atoms with Gasteiger partial charge in [-0.05, 0) is 46.6 Å². The zero-order valence-electron chi connectivity index (χ0n) is 10.4. The summed E-state index contributed by atoms with van der Waals surface area (Å²) in [6.45, 7) is 6.87. The average Bonchev–Trinajstić information content (AvgIpc) is 2.27. The zero-order valence-corrected chi connectivity index (χ0v) is 10.4. The Morgan fingerprint density at radius 2 is 2.25 bits per heavy atom. The molecule has 0 aromatic rings. The van der Waals surface area contributed by atoms with Crippen molar-refractivity contribution in [3.8, 4) is 6.07 Å². The molecule has 4 heteroatoms. The summed E-state index contributed by atoms with van der Waals surface area (Å²) in [6.07, 6.45) is 3.08. The number of carbonyl (C=O) groups excluding carboxylic acids is 1. The standard InChI is InChI=1S/C12H21N3O/c1-11(2,8-13)9-14-10(16)12(3)6-4-5-7-15-12/h15H,4-7,9H2,1-3H3,(H,14,16). The lowest BCUT2D eigenvalue weighted by molar-refractivity contribution is -0.128. The molecule has 4 nitrogen and oxygen atoms in total. The third-order valence-electron chi connectivity index (χ3n) is 3.11. The van der Waals surface area contributed by atoms with Gasteiger partial charge in [-0.2, -0.15) is 5.26 Å². The van der Waals surface area contributed by atoms with E-state index in [0.29, 0.717) is 6.54 Å². The van der Waals surface area contributed by atoms with Gasteiger partial charge in [0.05, 0.1) is 17.0 Å². The molecule has 1 unspecified atom stereocenters. The van der Waals surface area contributed by atoms with Crippen LogP contribution in [0.15, 0.2) is 0 Å². The van der Waals surface area contributed by atoms with E-state index in [1.54, 1.807) is 0 Å². The average molecular weight is 223 g/mol. The minimum atomic E-state index is -0.499. The third kappa shape index (κ3) is 3.21. The Hall–Kier alpha value is -1.08. The quantitative estimate of drug-likeness (QED) is 0.755. The van der Waals surface area contributed by atoms with Gasteiger partial charge in [0.1, 0.15) is 0 Å². The fourth-order valence-corrected chi connectivity index (χ4v) is 1.79. The van der Waals surface area contributed by atoms with E-state index >= 15 is 0 Å². The Balaban J connectivity index is 2.49. The van der Waals surface area contributed by atoms with Crippen molar-refractivity contribution in [2.24, 2.45) is 5.41 Å². The molecule has 0 bridgehead atoms. The molecule has 1 atom stereocenters. The lowest BCUT2D eigenvalue weighted by Gasteiger charge is -2.34. The Bertz CT molecular complexity index is 298. The van der Waals surface area contributed by atoms with Crippen molar-refractivity contribution in [3.63, 3.8) is 0 Å². The molecule has 0 radical (unpaired) electrons. The van der Waals surface area contributed by atoms with E-state index in [2.05, 4.69) is 16.7 Å². The van der Waals surface area contributed by atoms with Crippen LogP contribution in [0.25, 0.3) is 0 Å². The first kappa shape index (κ1) is 13.0. The van der Waals surface area contributed by atoms with Crippen LogP contribution >= 0.6 is 0 Å². The molecule has 1 amide bonds. The molecule has 1 heterocycles. The zero-order chi connectivity index (χ0) is 12.2. The van der Waals surface area contributed by atoms with Crippen LogP contribution in [0.3, 0.4) is 0 Å². The van der Waals surface area contributed by atoms with E-state index in [1.807, 2.05) is 20.8 Å². The van der Waals surface area contributed by atoms with Crippen LogP contribution in [0, 0.1) is 16.7 Å². The minimum absolute atomic E-state index is 0.00975. The number of carbonyl (C=O) groups is 1. The highest BCUT2D eigenvalue weighted by Crippen LogP contribution is 2.19. The summed E-state index contributed by atoms with van der Waals surface area (Å²) in [5.41, 5.74) is -0.954. The molecule has 0 aromatic carbocycles. The maximum atomic E-state index is 12.0. The van der Waals surface area contributed by atoms with Crippen LogP contribution in [-0.4, -0.2) is 24.5 Å². The van der Waals surface area contributed by atoms with Gasteiger partial charge < -0.3 is 10.6 Å². The summed E-state index contributed by atoms with van der Waals surface area (Å²) in [7, 11) is 0. The summed E-state index contributed by atoms with van der Waals surface area (Å²) in [4.78, 5) is 12.0. The fraction of sp³-hybridized carbons (Fsp3) is 0.833. The molecule has 16 heavy (non-hydrogen) atoms. The molecule has 0 saturated carbocycles. The first-order chi connectivity index (χ1) is 7.40. The van der Waals surface area contributed by atoms with E-state index in [0.717, 1.165) is 25.8 Å². The maximum Gasteiger partial charge on any atom is 0.240 e. The summed E-state index contributed by atoms with van der Waals surface area (Å²) < 4.78 is 0. The molecule has 90 valence electrons. The summed E-state index contributed by atoms with van der Waals surface area (Å²) in [5, 5.41) is 15.0. The molecule has 2 N–H and O–H groups in total. The predicted octanol–water partition coefficient (Wildman–Crippen LogP) is 1.18. The van der Waals surface area contributed by atoms with Crippen LogP contribution in [0.4, 0.5) is 0 Å². The van der Waals surface area contributed by atoms with Crippen molar-refractivity contribution >= 4 is 5.91 Å². The lowest BCUT2D eigenvalue weighted by Crippen LogP contribution is -2.57. The first-order valence-corrected chi connectivity index (χ1v) is 5.84. The topological polar surface area (TPSA) is 64.9 Å². The lowest BCUT2D eigenvalue weighted by atomic mass is 9.89. The van der Waals surface area contributed by atoms with Gasteiger partial charge in [0, 0.05) is 6.54 Å². The highest BCUT2D eigenvalue weighted by Gasteiger charge is 2.34. The van der Waals surface area contributed by atoms with E-state index < -0.39 is 11.0 Å². The van der Waals surface area contributed by atoms with E-state index in [9.17, 15) is 4.79 Å². The second kappa shape index (κ2) is 4.84. The highest BCUT2D eigenvalue weighted by molar-refractivity contribution is 5.86. The Kier molecular flexibility index (Phi) is 3.93. The second-order valence-corrected chi connectivity index (χ2v) is 5.39. The summed E-state index contributed by atoms with van der Waals surface area (Å²) >= 11 is 0. The van der Waals surface area contributed by atoms with Gasteiger partial charge in [0.2, 0.25) is 5.91 Å². The van der Waals surface area contributed by atoms with E-state index in [1.165, 1.54) is 0 Å². The molecule has 1 fully saturated rings. The SMILES string of the molecule is CC(C)(C#N)CNC(=O)C1(C)CCCCN1. The predicted molar refractivity (Wildman–Crippen MR) is 62.7 cm³/mol. The maximum absolute atomic E-state index is 12.0. The van der Waals surface area contributed by atoms with E-state index in [4.69, 9.17) is 5.26 Å². The molecule has 1 rings (SSSR count). The fourth-order valence-electron chi connectivity index (χ4n) is 1.79. The van der Waals surface area contributed by atoms with Gasteiger partial charge in [-0.3, -0.25) is 4.79 Å². The largest absolute Gasteiger partial charge is 0.353 e. The van der Waals surface area contributed by atoms with Crippen molar-refractivity contribution in [1.82, 2.24) is 10.6 Å². The normalized spacial score (nSPS) is 25.9. The number of piperidine rings is 1. The third-order valence-corrected chi connectivity index (χ3v) is 3.11. The van der Waals surface area contributed by atoms with Gasteiger partial charge in [0.25, 0.3) is 0 Å². The number of amides is 1. The van der Waals surface area contributed by atoms with E-state index in [-0.39, 0.29) is 5.91 Å². The number of rotatable bonds is 3. The molecule has 0 aliphatic carbocycles. The molecule has 0 aromatic heterocycles. The van der Waals surface area contributed by atoms with Crippen molar-refractivity contribution in [3.05, 3.63) is 0 Å². The van der Waals surface area contributed by atoms with Crippen LogP contribution < -0.4 is 10.6 Å². The highest BCUT2D eigenvalue weighted by atomic mass is 16.2. The monoisotopic (exact) mass is 223 g/mol. The molecular formula is C12H21N3O. The number of hydrogen-bond donors (Lipinski definition) is 2. The Morgan fingerprint density at radius 1 is 1.56 bits per heavy atom. The van der Waals surface area contributed by atoms with Crippen LogP contribution in [0.2, 0.25) is 0 Å². The van der Waals surface area contributed by atoms with Crippen LogP contribution in [-0.2, 0) is 4.79 Å². The number of nitriles is 1. The first-order valence-electron chi connectivity index (χ1n) is 5.84. The van der Waals surface area contributed by atoms with Crippen molar-refractivity contribution < 1.29 is 4.79 Å². The van der Waals surface area contributed by atoms with Crippen molar-refractivity contribution in [2.45, 2.75) is 45.6 Å². The minimum Gasteiger partial charge on any atom is -0.353 e. The Morgan fingerprint density at radius 3 is 2.75 bits per heavy atom. The molecule has 1 aliphatic rings. The van der Waals surface area contributed by atoms with Crippen LogP contribution in [0.1, 0.15) is 40.0 Å². The Labute approximate surface area is 97.4 Å².